The van der Waals surface area contributed by atoms with Gasteiger partial charge in [0.05, 0.1) is 17.6 Å². The zero-order valence-corrected chi connectivity index (χ0v) is 14.1. The minimum absolute atomic E-state index is 0.0105. The van der Waals surface area contributed by atoms with Crippen LogP contribution in [-0.4, -0.2) is 46.8 Å². The Hall–Kier alpha value is -2.05. The minimum atomic E-state index is -4.41. The van der Waals surface area contributed by atoms with Gasteiger partial charge >= 0.3 is 6.18 Å². The maximum Gasteiger partial charge on any atom is 0.416 e. The second-order valence-electron chi connectivity index (χ2n) is 6.71. The smallest absolute Gasteiger partial charge is 0.338 e. The molecular weight excluding hydrogens is 333 g/mol. The van der Waals surface area contributed by atoms with Crippen molar-refractivity contribution in [2.24, 2.45) is 0 Å². The Morgan fingerprint density at radius 1 is 0.960 bits per heavy atom. The number of hydrogen-bond acceptors (Lipinski definition) is 2. The summed E-state index contributed by atoms with van der Waals surface area (Å²) in [5, 5.41) is 0. The molecule has 136 valence electrons. The van der Waals surface area contributed by atoms with E-state index in [1.165, 1.54) is 19.1 Å². The minimum Gasteiger partial charge on any atom is -0.338 e. The number of rotatable bonds is 2. The maximum absolute atomic E-state index is 12.8. The first-order valence-corrected chi connectivity index (χ1v) is 8.54. The van der Waals surface area contributed by atoms with E-state index in [2.05, 4.69) is 0 Å². The molecule has 0 spiro atoms. The molecule has 2 fully saturated rings. The third-order valence-corrected chi connectivity index (χ3v) is 5.17. The van der Waals surface area contributed by atoms with Crippen LogP contribution in [-0.2, 0) is 11.0 Å². The van der Waals surface area contributed by atoms with Gasteiger partial charge in [0.1, 0.15) is 0 Å². The highest BCUT2D eigenvalue weighted by molar-refractivity contribution is 5.94. The van der Waals surface area contributed by atoms with Gasteiger partial charge in [-0.2, -0.15) is 13.2 Å². The van der Waals surface area contributed by atoms with Gasteiger partial charge in [-0.25, -0.2) is 0 Å². The molecule has 2 aliphatic rings. The molecule has 2 aliphatic heterocycles. The van der Waals surface area contributed by atoms with Crippen LogP contribution in [0.1, 0.15) is 48.5 Å². The van der Waals surface area contributed by atoms with E-state index in [4.69, 9.17) is 0 Å². The largest absolute Gasteiger partial charge is 0.416 e. The van der Waals surface area contributed by atoms with Crippen LogP contribution in [0.4, 0.5) is 13.2 Å². The van der Waals surface area contributed by atoms with Crippen molar-refractivity contribution in [3.05, 3.63) is 35.4 Å². The average molecular weight is 354 g/mol. The topological polar surface area (TPSA) is 40.6 Å². The summed E-state index contributed by atoms with van der Waals surface area (Å²) in [6.07, 6.45) is -0.964. The first-order chi connectivity index (χ1) is 11.8. The summed E-state index contributed by atoms with van der Waals surface area (Å²) >= 11 is 0. The van der Waals surface area contributed by atoms with Crippen molar-refractivity contribution >= 4 is 11.8 Å². The Labute approximate surface area is 144 Å². The predicted octanol–water partition coefficient (Wildman–Crippen LogP) is 3.32. The number of halogens is 3. The Morgan fingerprint density at radius 2 is 1.48 bits per heavy atom. The van der Waals surface area contributed by atoms with Gasteiger partial charge in [-0.05, 0) is 49.9 Å². The van der Waals surface area contributed by atoms with Crippen molar-refractivity contribution in [1.82, 2.24) is 9.80 Å². The van der Waals surface area contributed by atoms with Gasteiger partial charge in [0.2, 0.25) is 5.91 Å². The predicted molar refractivity (Wildman–Crippen MR) is 85.9 cm³/mol. The van der Waals surface area contributed by atoms with Gasteiger partial charge in [0, 0.05) is 25.6 Å². The number of carbonyl (C=O) groups is 2. The molecule has 3 rings (SSSR count). The molecule has 1 aromatic rings. The van der Waals surface area contributed by atoms with Crippen molar-refractivity contribution in [3.8, 4) is 0 Å². The van der Waals surface area contributed by atoms with E-state index in [1.54, 1.807) is 4.90 Å². The molecule has 0 saturated carbocycles. The van der Waals surface area contributed by atoms with Crippen molar-refractivity contribution in [2.75, 3.05) is 13.1 Å². The number of likely N-dealkylation sites (tertiary alicyclic amines) is 2. The van der Waals surface area contributed by atoms with Crippen LogP contribution in [0.15, 0.2) is 24.3 Å². The van der Waals surface area contributed by atoms with Gasteiger partial charge in [0.25, 0.3) is 5.91 Å². The van der Waals surface area contributed by atoms with E-state index >= 15 is 0 Å². The molecule has 0 unspecified atom stereocenters. The molecule has 2 heterocycles. The summed E-state index contributed by atoms with van der Waals surface area (Å²) in [6.45, 7) is 2.82. The molecule has 0 aromatic heterocycles. The fourth-order valence-electron chi connectivity index (χ4n) is 4.00. The molecule has 0 N–H and O–H groups in total. The Kier molecular flexibility index (Phi) is 4.75. The highest BCUT2D eigenvalue weighted by Crippen LogP contribution is 2.32. The Morgan fingerprint density at radius 3 is 2.00 bits per heavy atom. The van der Waals surface area contributed by atoms with Crippen LogP contribution >= 0.6 is 0 Å². The highest BCUT2D eigenvalue weighted by atomic mass is 19.4. The lowest BCUT2D eigenvalue weighted by molar-refractivity contribution is -0.137. The summed E-state index contributed by atoms with van der Waals surface area (Å²) in [4.78, 5) is 28.2. The molecular formula is C18H21F3N2O2. The molecule has 7 heteroatoms. The zero-order chi connectivity index (χ0) is 18.2. The van der Waals surface area contributed by atoms with Gasteiger partial charge in [-0.15, -0.1) is 0 Å². The third kappa shape index (κ3) is 3.50. The summed E-state index contributed by atoms with van der Waals surface area (Å²) in [5.74, 6) is -0.247. The van der Waals surface area contributed by atoms with E-state index < -0.39 is 11.7 Å². The van der Waals surface area contributed by atoms with E-state index in [0.29, 0.717) is 13.1 Å². The summed E-state index contributed by atoms with van der Waals surface area (Å²) < 4.78 is 38.0. The van der Waals surface area contributed by atoms with Crippen LogP contribution in [0, 0.1) is 0 Å². The number of alkyl halides is 3. The molecule has 0 bridgehead atoms. The molecule has 0 aliphatic carbocycles. The molecule has 2 atom stereocenters. The SMILES string of the molecule is CC(=O)N1CCC[C@H]1[C@H]1CCCN1C(=O)c1ccc(C(F)(F)F)cc1. The van der Waals surface area contributed by atoms with Crippen LogP contribution in [0.5, 0.6) is 0 Å². The highest BCUT2D eigenvalue weighted by Gasteiger charge is 2.41. The Balaban J connectivity index is 1.78. The number of benzene rings is 1. The van der Waals surface area contributed by atoms with Gasteiger partial charge in [0.15, 0.2) is 0 Å². The number of amides is 2. The maximum atomic E-state index is 12.8. The van der Waals surface area contributed by atoms with Crippen LogP contribution in [0.3, 0.4) is 0 Å². The lowest BCUT2D eigenvalue weighted by Crippen LogP contribution is -2.49. The van der Waals surface area contributed by atoms with E-state index in [0.717, 1.165) is 37.8 Å². The monoisotopic (exact) mass is 354 g/mol. The van der Waals surface area contributed by atoms with Crippen molar-refractivity contribution in [2.45, 2.75) is 50.9 Å². The molecule has 4 nitrogen and oxygen atoms in total. The summed E-state index contributed by atoms with van der Waals surface area (Å²) in [6, 6.07) is 4.31. The summed E-state index contributed by atoms with van der Waals surface area (Å²) in [5.41, 5.74) is -0.507. The van der Waals surface area contributed by atoms with Gasteiger partial charge in [-0.3, -0.25) is 9.59 Å². The van der Waals surface area contributed by atoms with E-state index in [9.17, 15) is 22.8 Å². The number of hydrogen-bond donors (Lipinski definition) is 0. The van der Waals surface area contributed by atoms with Gasteiger partial charge in [-0.1, -0.05) is 0 Å². The molecule has 2 amide bonds. The van der Waals surface area contributed by atoms with E-state index in [-0.39, 0.29) is 29.5 Å². The average Bonchev–Trinajstić information content (AvgIpc) is 3.21. The van der Waals surface area contributed by atoms with Crippen molar-refractivity contribution < 1.29 is 22.8 Å². The number of nitrogens with zero attached hydrogens (tertiary/aromatic N) is 2. The van der Waals surface area contributed by atoms with Crippen molar-refractivity contribution in [1.29, 1.82) is 0 Å². The van der Waals surface area contributed by atoms with Crippen molar-refractivity contribution in [3.63, 3.8) is 0 Å². The van der Waals surface area contributed by atoms with Crippen LogP contribution in [0.25, 0.3) is 0 Å². The zero-order valence-electron chi connectivity index (χ0n) is 14.1. The lowest BCUT2D eigenvalue weighted by atomic mass is 10.0. The number of carbonyl (C=O) groups excluding carboxylic acids is 2. The van der Waals surface area contributed by atoms with Crippen LogP contribution < -0.4 is 0 Å². The standard InChI is InChI=1S/C18H21F3N2O2/c1-12(24)22-10-2-4-15(22)16-5-3-11-23(16)17(25)13-6-8-14(9-7-13)18(19,20)21/h6-9,15-16H,2-5,10-11H2,1H3/t15-,16+/m0/s1. The fourth-order valence-corrected chi connectivity index (χ4v) is 4.00. The third-order valence-electron chi connectivity index (χ3n) is 5.17. The second-order valence-corrected chi connectivity index (χ2v) is 6.71. The fraction of sp³-hybridized carbons (Fsp3) is 0.556. The lowest BCUT2D eigenvalue weighted by Gasteiger charge is -2.34. The quantitative estimate of drug-likeness (QED) is 0.817. The first-order valence-electron chi connectivity index (χ1n) is 8.54. The first kappa shape index (κ1) is 17.8. The molecule has 0 radical (unpaired) electrons. The molecule has 2 saturated heterocycles. The molecule has 25 heavy (non-hydrogen) atoms. The van der Waals surface area contributed by atoms with E-state index in [1.807, 2.05) is 4.90 Å². The summed E-state index contributed by atoms with van der Waals surface area (Å²) in [7, 11) is 0. The Bertz CT molecular complexity index is 657. The second kappa shape index (κ2) is 6.69. The van der Waals surface area contributed by atoms with Gasteiger partial charge < -0.3 is 9.80 Å². The molecule has 1 aromatic carbocycles. The van der Waals surface area contributed by atoms with Crippen LogP contribution in [0.2, 0.25) is 0 Å². The normalized spacial score (nSPS) is 24.0.